The van der Waals surface area contributed by atoms with Crippen LogP contribution < -0.4 is 5.32 Å². The van der Waals surface area contributed by atoms with Gasteiger partial charge in [0.2, 0.25) is 0 Å². The quantitative estimate of drug-likeness (QED) is 0.569. The number of carbonyl (C=O) groups excluding carboxylic acids is 2. The monoisotopic (exact) mass is 400 g/mol. The Labute approximate surface area is 178 Å². The third-order valence-corrected chi connectivity index (χ3v) is 5.15. The molecule has 4 heteroatoms. The lowest BCUT2D eigenvalue weighted by Crippen LogP contribution is -2.39. The summed E-state index contributed by atoms with van der Waals surface area (Å²) in [4.78, 5) is 27.7. The van der Waals surface area contributed by atoms with E-state index in [0.29, 0.717) is 13.1 Å². The highest BCUT2D eigenvalue weighted by molar-refractivity contribution is 6.39. The summed E-state index contributed by atoms with van der Waals surface area (Å²) >= 11 is 0. The molecule has 154 valence electrons. The highest BCUT2D eigenvalue weighted by Crippen LogP contribution is 2.23. The van der Waals surface area contributed by atoms with E-state index in [4.69, 9.17) is 0 Å². The maximum Gasteiger partial charge on any atom is 0.313 e. The van der Waals surface area contributed by atoms with Crippen molar-refractivity contribution in [3.05, 3.63) is 101 Å². The molecule has 0 saturated carbocycles. The van der Waals surface area contributed by atoms with Crippen LogP contribution in [0.5, 0.6) is 0 Å². The number of amides is 2. The fraction of sp³-hybridized carbons (Fsp3) is 0.231. The van der Waals surface area contributed by atoms with Crippen molar-refractivity contribution in [3.8, 4) is 0 Å². The number of nitrogens with zero attached hydrogens (tertiary/aromatic N) is 1. The predicted molar refractivity (Wildman–Crippen MR) is 121 cm³/mol. The van der Waals surface area contributed by atoms with E-state index in [1.807, 2.05) is 92.7 Å². The van der Waals surface area contributed by atoms with Gasteiger partial charge in [-0.2, -0.15) is 0 Å². The average molecular weight is 401 g/mol. The van der Waals surface area contributed by atoms with Crippen molar-refractivity contribution in [1.29, 1.82) is 0 Å². The van der Waals surface area contributed by atoms with Crippen molar-refractivity contribution in [2.45, 2.75) is 39.8 Å². The second-order valence-corrected chi connectivity index (χ2v) is 7.24. The summed E-state index contributed by atoms with van der Waals surface area (Å²) in [6.07, 6.45) is 1.57. The second kappa shape index (κ2) is 10.4. The van der Waals surface area contributed by atoms with Gasteiger partial charge in [-0.3, -0.25) is 9.59 Å². The number of benzene rings is 3. The minimum Gasteiger partial charge on any atom is -0.326 e. The van der Waals surface area contributed by atoms with Gasteiger partial charge in [0.25, 0.3) is 0 Å². The summed E-state index contributed by atoms with van der Waals surface area (Å²) < 4.78 is 0. The van der Waals surface area contributed by atoms with Gasteiger partial charge >= 0.3 is 11.8 Å². The third kappa shape index (κ3) is 5.35. The first-order valence-electron chi connectivity index (χ1n) is 10.4. The van der Waals surface area contributed by atoms with Gasteiger partial charge in [-0.25, -0.2) is 0 Å². The van der Waals surface area contributed by atoms with E-state index in [1.54, 1.807) is 4.90 Å². The molecular formula is C26H28N2O2. The summed E-state index contributed by atoms with van der Waals surface area (Å²) in [5, 5.41) is 2.90. The van der Waals surface area contributed by atoms with Crippen LogP contribution in [0.1, 0.15) is 36.1 Å². The zero-order valence-corrected chi connectivity index (χ0v) is 17.6. The predicted octanol–water partition coefficient (Wildman–Crippen LogP) is 4.98. The number of para-hydroxylation sites is 1. The Morgan fingerprint density at radius 2 is 1.17 bits per heavy atom. The summed E-state index contributed by atoms with van der Waals surface area (Å²) in [5.41, 5.74) is 4.80. The number of nitrogens with one attached hydrogen (secondary N) is 1. The molecule has 0 unspecified atom stereocenters. The number of hydrogen-bond acceptors (Lipinski definition) is 2. The minimum absolute atomic E-state index is 0.373. The SMILES string of the molecule is CCc1cccc(CC)c1NC(=O)C(=O)N(Cc1ccccc1)Cc1ccccc1. The molecule has 0 fully saturated rings. The Kier molecular flexibility index (Phi) is 7.39. The van der Waals surface area contributed by atoms with Crippen LogP contribution in [0.2, 0.25) is 0 Å². The van der Waals surface area contributed by atoms with Gasteiger partial charge in [0.05, 0.1) is 0 Å². The molecule has 0 aliphatic carbocycles. The number of carbonyl (C=O) groups is 2. The fourth-order valence-corrected chi connectivity index (χ4v) is 3.52. The molecule has 0 aliphatic rings. The van der Waals surface area contributed by atoms with Crippen molar-refractivity contribution >= 4 is 17.5 Å². The Hall–Kier alpha value is -3.40. The fourth-order valence-electron chi connectivity index (χ4n) is 3.52. The molecule has 0 aromatic heterocycles. The van der Waals surface area contributed by atoms with E-state index < -0.39 is 11.8 Å². The number of anilines is 1. The topological polar surface area (TPSA) is 49.4 Å². The molecule has 0 radical (unpaired) electrons. The van der Waals surface area contributed by atoms with Crippen molar-refractivity contribution < 1.29 is 9.59 Å². The van der Waals surface area contributed by atoms with E-state index in [0.717, 1.165) is 40.8 Å². The second-order valence-electron chi connectivity index (χ2n) is 7.24. The lowest BCUT2D eigenvalue weighted by molar-refractivity contribution is -0.144. The van der Waals surface area contributed by atoms with Gasteiger partial charge in [-0.05, 0) is 35.1 Å². The maximum atomic E-state index is 13.2. The molecule has 2 amide bonds. The van der Waals surface area contributed by atoms with Gasteiger partial charge in [-0.15, -0.1) is 0 Å². The Balaban J connectivity index is 1.84. The Morgan fingerprint density at radius 1 is 0.700 bits per heavy atom. The van der Waals surface area contributed by atoms with Crippen molar-refractivity contribution in [2.75, 3.05) is 5.32 Å². The van der Waals surface area contributed by atoms with Crippen LogP contribution >= 0.6 is 0 Å². The van der Waals surface area contributed by atoms with Crippen molar-refractivity contribution in [1.82, 2.24) is 4.90 Å². The third-order valence-electron chi connectivity index (χ3n) is 5.15. The van der Waals surface area contributed by atoms with Crippen LogP contribution in [-0.4, -0.2) is 16.7 Å². The first kappa shape index (κ1) is 21.3. The zero-order valence-electron chi connectivity index (χ0n) is 17.6. The summed E-state index contributed by atoms with van der Waals surface area (Å²) in [6, 6.07) is 25.4. The largest absolute Gasteiger partial charge is 0.326 e. The first-order chi connectivity index (χ1) is 14.6. The molecule has 0 bridgehead atoms. The number of aryl methyl sites for hydroxylation is 2. The molecule has 4 nitrogen and oxygen atoms in total. The smallest absolute Gasteiger partial charge is 0.313 e. The molecule has 0 spiro atoms. The molecule has 3 aromatic rings. The highest BCUT2D eigenvalue weighted by atomic mass is 16.2. The summed E-state index contributed by atoms with van der Waals surface area (Å²) in [5.74, 6) is -1.13. The van der Waals surface area contributed by atoms with Crippen LogP contribution in [-0.2, 0) is 35.5 Å². The van der Waals surface area contributed by atoms with Gasteiger partial charge < -0.3 is 10.2 Å². The highest BCUT2D eigenvalue weighted by Gasteiger charge is 2.24. The summed E-state index contributed by atoms with van der Waals surface area (Å²) in [6.45, 7) is 4.84. The lowest BCUT2D eigenvalue weighted by Gasteiger charge is -2.23. The van der Waals surface area contributed by atoms with Crippen molar-refractivity contribution in [2.24, 2.45) is 0 Å². The zero-order chi connectivity index (χ0) is 21.3. The number of hydrogen-bond donors (Lipinski definition) is 1. The lowest BCUT2D eigenvalue weighted by atomic mass is 10.0. The molecule has 1 N–H and O–H groups in total. The number of rotatable bonds is 7. The van der Waals surface area contributed by atoms with Crippen LogP contribution in [0.3, 0.4) is 0 Å². The minimum atomic E-state index is -0.600. The van der Waals surface area contributed by atoms with E-state index in [2.05, 4.69) is 5.32 Å². The van der Waals surface area contributed by atoms with Gasteiger partial charge in [0, 0.05) is 18.8 Å². The van der Waals surface area contributed by atoms with Gasteiger partial charge in [-0.1, -0.05) is 92.7 Å². The maximum absolute atomic E-state index is 13.2. The Bertz CT molecular complexity index is 921. The Morgan fingerprint density at radius 3 is 1.60 bits per heavy atom. The summed E-state index contributed by atoms with van der Waals surface area (Å²) in [7, 11) is 0. The molecule has 0 saturated heterocycles. The standard InChI is InChI=1S/C26H28N2O2/c1-3-22-16-11-17-23(4-2)24(22)27-25(29)26(30)28(18-20-12-7-5-8-13-20)19-21-14-9-6-10-15-21/h5-17H,3-4,18-19H2,1-2H3,(H,27,29). The molecule has 0 heterocycles. The molecule has 0 aliphatic heterocycles. The van der Waals surface area contributed by atoms with Crippen LogP contribution in [0.4, 0.5) is 5.69 Å². The molecule has 30 heavy (non-hydrogen) atoms. The van der Waals surface area contributed by atoms with E-state index >= 15 is 0 Å². The van der Waals surface area contributed by atoms with Crippen molar-refractivity contribution in [3.63, 3.8) is 0 Å². The van der Waals surface area contributed by atoms with Gasteiger partial charge in [0.15, 0.2) is 0 Å². The van der Waals surface area contributed by atoms with Gasteiger partial charge in [0.1, 0.15) is 0 Å². The first-order valence-corrected chi connectivity index (χ1v) is 10.4. The van der Waals surface area contributed by atoms with E-state index in [9.17, 15) is 9.59 Å². The molecule has 0 atom stereocenters. The molecular weight excluding hydrogens is 372 g/mol. The average Bonchev–Trinajstić information content (AvgIpc) is 2.79. The van der Waals surface area contributed by atoms with Crippen LogP contribution in [0, 0.1) is 0 Å². The van der Waals surface area contributed by atoms with Crippen LogP contribution in [0.15, 0.2) is 78.9 Å². The van der Waals surface area contributed by atoms with E-state index in [-0.39, 0.29) is 0 Å². The van der Waals surface area contributed by atoms with Crippen LogP contribution in [0.25, 0.3) is 0 Å². The molecule has 3 rings (SSSR count). The van der Waals surface area contributed by atoms with E-state index in [1.165, 1.54) is 0 Å². The normalized spacial score (nSPS) is 10.5. The molecule has 3 aromatic carbocycles.